The molecule has 1 aliphatic carbocycles. The highest BCUT2D eigenvalue weighted by atomic mass is 35.5. The summed E-state index contributed by atoms with van der Waals surface area (Å²) in [5.74, 6) is 0.972. The summed E-state index contributed by atoms with van der Waals surface area (Å²) in [4.78, 5) is 11.9. The molecule has 0 radical (unpaired) electrons. The Balaban J connectivity index is 0.00000200. The lowest BCUT2D eigenvalue weighted by molar-refractivity contribution is -0.122. The van der Waals surface area contributed by atoms with Gasteiger partial charge in [0, 0.05) is 18.2 Å². The Morgan fingerprint density at radius 3 is 2.55 bits per heavy atom. The van der Waals surface area contributed by atoms with E-state index >= 15 is 0 Å². The Labute approximate surface area is 127 Å². The van der Waals surface area contributed by atoms with Crippen molar-refractivity contribution in [1.82, 2.24) is 5.32 Å². The normalized spacial score (nSPS) is 21.9. The number of nitrogen functional groups attached to an aromatic ring is 1. The average Bonchev–Trinajstić information content (AvgIpc) is 2.40. The molecule has 1 aromatic carbocycles. The van der Waals surface area contributed by atoms with Crippen LogP contribution in [0.2, 0.25) is 0 Å². The van der Waals surface area contributed by atoms with Crippen molar-refractivity contribution in [3.8, 4) is 0 Å². The molecule has 3 nitrogen and oxygen atoms in total. The summed E-state index contributed by atoms with van der Waals surface area (Å²) in [5.41, 5.74) is 7.72. The number of anilines is 1. The van der Waals surface area contributed by atoms with E-state index in [0.29, 0.717) is 12.5 Å². The van der Waals surface area contributed by atoms with E-state index in [9.17, 15) is 4.79 Å². The van der Waals surface area contributed by atoms with Gasteiger partial charge in [-0.1, -0.05) is 25.1 Å². The molecule has 4 heteroatoms. The van der Waals surface area contributed by atoms with Crippen LogP contribution in [0.5, 0.6) is 0 Å². The van der Waals surface area contributed by atoms with E-state index in [0.717, 1.165) is 36.4 Å². The first-order chi connectivity index (χ1) is 9.15. The van der Waals surface area contributed by atoms with Gasteiger partial charge in [0.1, 0.15) is 0 Å². The van der Waals surface area contributed by atoms with E-state index in [2.05, 4.69) is 12.2 Å². The maximum atomic E-state index is 11.9. The second-order valence-electron chi connectivity index (χ2n) is 5.72. The lowest BCUT2D eigenvalue weighted by Gasteiger charge is -2.26. The maximum absolute atomic E-state index is 11.9. The molecule has 1 amide bonds. The van der Waals surface area contributed by atoms with E-state index in [1.807, 2.05) is 24.3 Å². The van der Waals surface area contributed by atoms with Crippen LogP contribution in [0.4, 0.5) is 5.69 Å². The molecule has 0 bridgehead atoms. The van der Waals surface area contributed by atoms with Gasteiger partial charge in [0.05, 0.1) is 0 Å². The summed E-state index contributed by atoms with van der Waals surface area (Å²) >= 11 is 0. The smallest absolute Gasteiger partial charge is 0.220 e. The van der Waals surface area contributed by atoms with Crippen molar-refractivity contribution < 1.29 is 4.79 Å². The molecule has 0 saturated heterocycles. The van der Waals surface area contributed by atoms with Gasteiger partial charge in [-0.3, -0.25) is 4.79 Å². The zero-order valence-electron chi connectivity index (χ0n) is 12.1. The van der Waals surface area contributed by atoms with Gasteiger partial charge in [-0.15, -0.1) is 12.4 Å². The number of benzene rings is 1. The first-order valence-corrected chi connectivity index (χ1v) is 7.28. The third-order valence-electron chi connectivity index (χ3n) is 4.06. The molecule has 20 heavy (non-hydrogen) atoms. The first-order valence-electron chi connectivity index (χ1n) is 7.28. The van der Waals surface area contributed by atoms with Gasteiger partial charge in [0.15, 0.2) is 0 Å². The number of rotatable bonds is 4. The number of nitrogens with two attached hydrogens (primary N) is 1. The van der Waals surface area contributed by atoms with Gasteiger partial charge in [-0.2, -0.15) is 0 Å². The van der Waals surface area contributed by atoms with Gasteiger partial charge in [0.2, 0.25) is 5.91 Å². The van der Waals surface area contributed by atoms with Crippen LogP contribution < -0.4 is 11.1 Å². The summed E-state index contributed by atoms with van der Waals surface area (Å²) < 4.78 is 0. The molecule has 0 unspecified atom stereocenters. The fourth-order valence-corrected chi connectivity index (χ4v) is 2.71. The molecule has 1 fully saturated rings. The van der Waals surface area contributed by atoms with Gasteiger partial charge in [-0.05, 0) is 49.7 Å². The van der Waals surface area contributed by atoms with Crippen LogP contribution in [-0.2, 0) is 11.2 Å². The Kier molecular flexibility index (Phi) is 6.86. The Morgan fingerprint density at radius 2 is 1.90 bits per heavy atom. The Bertz CT molecular complexity index is 428. The minimum atomic E-state index is 0. The first kappa shape index (κ1) is 16.8. The van der Waals surface area contributed by atoms with Crippen molar-refractivity contribution in [3.05, 3.63) is 29.8 Å². The van der Waals surface area contributed by atoms with Crippen molar-refractivity contribution in [2.24, 2.45) is 5.92 Å². The topological polar surface area (TPSA) is 55.1 Å². The molecule has 0 atom stereocenters. The van der Waals surface area contributed by atoms with E-state index < -0.39 is 0 Å². The van der Waals surface area contributed by atoms with Crippen LogP contribution >= 0.6 is 12.4 Å². The zero-order valence-corrected chi connectivity index (χ0v) is 12.9. The summed E-state index contributed by atoms with van der Waals surface area (Å²) in [6.07, 6.45) is 5.97. The van der Waals surface area contributed by atoms with E-state index in [4.69, 9.17) is 5.73 Å². The Morgan fingerprint density at radius 1 is 1.25 bits per heavy atom. The highest BCUT2D eigenvalue weighted by Crippen LogP contribution is 2.23. The molecular formula is C16H25ClN2O. The summed E-state index contributed by atoms with van der Waals surface area (Å²) in [6, 6.07) is 8.14. The second kappa shape index (κ2) is 8.15. The Hall–Kier alpha value is -1.22. The number of aryl methyl sites for hydroxylation is 1. The van der Waals surface area contributed by atoms with E-state index in [-0.39, 0.29) is 18.3 Å². The quantitative estimate of drug-likeness (QED) is 0.838. The number of carbonyl (C=O) groups is 1. The molecule has 0 heterocycles. The average molecular weight is 297 g/mol. The van der Waals surface area contributed by atoms with Gasteiger partial charge >= 0.3 is 0 Å². The van der Waals surface area contributed by atoms with Crippen molar-refractivity contribution in [2.45, 2.75) is 51.5 Å². The highest BCUT2D eigenvalue weighted by molar-refractivity contribution is 5.85. The number of para-hydroxylation sites is 1. The molecule has 1 saturated carbocycles. The SMILES string of the molecule is CC1CCC(NC(=O)CCc2ccccc2N)CC1.Cl. The largest absolute Gasteiger partial charge is 0.399 e. The number of carbonyl (C=O) groups excluding carboxylic acids is 1. The molecule has 1 aliphatic rings. The fraction of sp³-hybridized carbons (Fsp3) is 0.562. The summed E-state index contributed by atoms with van der Waals surface area (Å²) in [7, 11) is 0. The number of amides is 1. The van der Waals surface area contributed by atoms with E-state index in [1.54, 1.807) is 0 Å². The van der Waals surface area contributed by atoms with Crippen LogP contribution in [0.15, 0.2) is 24.3 Å². The van der Waals surface area contributed by atoms with E-state index in [1.165, 1.54) is 12.8 Å². The van der Waals surface area contributed by atoms with Gasteiger partial charge in [0.25, 0.3) is 0 Å². The summed E-state index contributed by atoms with van der Waals surface area (Å²) in [6.45, 7) is 2.29. The second-order valence-corrected chi connectivity index (χ2v) is 5.72. The fourth-order valence-electron chi connectivity index (χ4n) is 2.71. The maximum Gasteiger partial charge on any atom is 0.220 e. The third kappa shape index (κ3) is 5.04. The van der Waals surface area contributed by atoms with Crippen LogP contribution in [0, 0.1) is 5.92 Å². The van der Waals surface area contributed by atoms with Crippen LogP contribution in [0.25, 0.3) is 0 Å². The monoisotopic (exact) mass is 296 g/mol. The van der Waals surface area contributed by atoms with Gasteiger partial charge < -0.3 is 11.1 Å². The van der Waals surface area contributed by atoms with Crippen molar-refractivity contribution in [1.29, 1.82) is 0 Å². The molecular weight excluding hydrogens is 272 g/mol. The molecule has 112 valence electrons. The lowest BCUT2D eigenvalue weighted by atomic mass is 9.87. The number of nitrogens with one attached hydrogen (secondary N) is 1. The van der Waals surface area contributed by atoms with Crippen LogP contribution in [0.3, 0.4) is 0 Å². The molecule has 0 spiro atoms. The third-order valence-corrected chi connectivity index (χ3v) is 4.06. The minimum absolute atomic E-state index is 0. The van der Waals surface area contributed by atoms with Crippen LogP contribution in [0.1, 0.15) is 44.6 Å². The van der Waals surface area contributed by atoms with Crippen molar-refractivity contribution in [2.75, 3.05) is 5.73 Å². The summed E-state index contributed by atoms with van der Waals surface area (Å²) in [5, 5.41) is 3.15. The predicted octanol–water partition coefficient (Wildman–Crippen LogP) is 3.32. The number of hydrogen-bond acceptors (Lipinski definition) is 2. The van der Waals surface area contributed by atoms with Crippen molar-refractivity contribution >= 4 is 24.0 Å². The van der Waals surface area contributed by atoms with Gasteiger partial charge in [-0.25, -0.2) is 0 Å². The number of hydrogen-bond donors (Lipinski definition) is 2. The molecule has 0 aromatic heterocycles. The molecule has 1 aromatic rings. The minimum Gasteiger partial charge on any atom is -0.399 e. The molecule has 2 rings (SSSR count). The van der Waals surface area contributed by atoms with Crippen molar-refractivity contribution in [3.63, 3.8) is 0 Å². The number of halogens is 1. The lowest BCUT2D eigenvalue weighted by Crippen LogP contribution is -2.37. The molecule has 0 aliphatic heterocycles. The highest BCUT2D eigenvalue weighted by Gasteiger charge is 2.19. The zero-order chi connectivity index (χ0) is 13.7. The standard InChI is InChI=1S/C16H24N2O.ClH/c1-12-6-9-14(10-7-12)18-16(19)11-8-13-4-2-3-5-15(13)17;/h2-5,12,14H,6-11,17H2,1H3,(H,18,19);1H. The van der Waals surface area contributed by atoms with Crippen LogP contribution in [-0.4, -0.2) is 11.9 Å². The molecule has 3 N–H and O–H groups in total. The predicted molar refractivity (Wildman–Crippen MR) is 86.0 cm³/mol.